The highest BCUT2D eigenvalue weighted by atomic mass is 16.1. The zero-order valence-electron chi connectivity index (χ0n) is 17.8. The number of unbranched alkanes of at least 4 members (excludes halogenated alkanes) is 14. The van der Waals surface area contributed by atoms with E-state index in [2.05, 4.69) is 31.1 Å². The number of rotatable bonds is 20. The van der Waals surface area contributed by atoms with E-state index in [9.17, 15) is 4.79 Å². The van der Waals surface area contributed by atoms with Gasteiger partial charge in [0.1, 0.15) is 0 Å². The van der Waals surface area contributed by atoms with Crippen molar-refractivity contribution in [3.05, 3.63) is 12.2 Å². The standard InChI is InChI=1S/C23H46N2O/c1-25(2)22-20-18-16-14-12-10-8-6-4-3-5-7-9-11-13-15-17-19-21-23(24)26/h5,7H,3-4,6,8-22H2,1-2H3,(H2,24,26)/b7-5-. The van der Waals surface area contributed by atoms with Crippen molar-refractivity contribution in [3.8, 4) is 0 Å². The number of carbonyl (C=O) groups is 1. The molecule has 1 amide bonds. The van der Waals surface area contributed by atoms with Crippen molar-refractivity contribution in [2.45, 2.75) is 109 Å². The Morgan fingerprint density at radius 2 is 1.04 bits per heavy atom. The van der Waals surface area contributed by atoms with Gasteiger partial charge in [-0.1, -0.05) is 76.4 Å². The van der Waals surface area contributed by atoms with Crippen molar-refractivity contribution in [1.29, 1.82) is 0 Å². The van der Waals surface area contributed by atoms with Crippen molar-refractivity contribution < 1.29 is 4.79 Å². The number of carbonyl (C=O) groups excluding carboxylic acids is 1. The molecule has 154 valence electrons. The fraction of sp³-hybridized carbons (Fsp3) is 0.870. The van der Waals surface area contributed by atoms with Crippen LogP contribution >= 0.6 is 0 Å². The minimum Gasteiger partial charge on any atom is -0.370 e. The molecule has 0 bridgehead atoms. The maximum absolute atomic E-state index is 10.6. The molecule has 0 aromatic rings. The molecule has 0 atom stereocenters. The van der Waals surface area contributed by atoms with E-state index >= 15 is 0 Å². The van der Waals surface area contributed by atoms with Gasteiger partial charge in [-0.15, -0.1) is 0 Å². The Hall–Kier alpha value is -0.830. The van der Waals surface area contributed by atoms with Gasteiger partial charge in [-0.05, 0) is 59.2 Å². The van der Waals surface area contributed by atoms with E-state index in [-0.39, 0.29) is 5.91 Å². The maximum atomic E-state index is 10.6. The van der Waals surface area contributed by atoms with Crippen LogP contribution in [-0.4, -0.2) is 31.4 Å². The molecule has 0 aliphatic heterocycles. The van der Waals surface area contributed by atoms with E-state index in [1.54, 1.807) is 0 Å². The normalized spacial score (nSPS) is 11.7. The van der Waals surface area contributed by atoms with E-state index in [0.29, 0.717) is 6.42 Å². The highest BCUT2D eigenvalue weighted by molar-refractivity contribution is 5.73. The van der Waals surface area contributed by atoms with Crippen LogP contribution in [0.4, 0.5) is 0 Å². The van der Waals surface area contributed by atoms with Gasteiger partial charge < -0.3 is 10.6 Å². The summed E-state index contributed by atoms with van der Waals surface area (Å²) in [6, 6.07) is 0. The average Bonchev–Trinajstić information content (AvgIpc) is 2.59. The van der Waals surface area contributed by atoms with Crippen LogP contribution in [0.2, 0.25) is 0 Å². The summed E-state index contributed by atoms with van der Waals surface area (Å²) >= 11 is 0. The Bertz CT molecular complexity index is 326. The van der Waals surface area contributed by atoms with Gasteiger partial charge in [-0.2, -0.15) is 0 Å². The molecule has 0 saturated heterocycles. The van der Waals surface area contributed by atoms with E-state index in [4.69, 9.17) is 5.73 Å². The highest BCUT2D eigenvalue weighted by Gasteiger charge is 1.95. The molecule has 2 N–H and O–H groups in total. The van der Waals surface area contributed by atoms with Gasteiger partial charge in [0.2, 0.25) is 5.91 Å². The van der Waals surface area contributed by atoms with Gasteiger partial charge in [0.25, 0.3) is 0 Å². The molecule has 3 heteroatoms. The molecule has 0 aliphatic rings. The molecule has 0 saturated carbocycles. The summed E-state index contributed by atoms with van der Waals surface area (Å²) in [7, 11) is 4.32. The minimum absolute atomic E-state index is 0.163. The summed E-state index contributed by atoms with van der Waals surface area (Å²) in [5.41, 5.74) is 5.13. The quantitative estimate of drug-likeness (QED) is 0.205. The predicted molar refractivity (Wildman–Crippen MR) is 115 cm³/mol. The van der Waals surface area contributed by atoms with Gasteiger partial charge in [0.15, 0.2) is 0 Å². The summed E-state index contributed by atoms with van der Waals surface area (Å²) in [5.74, 6) is -0.163. The highest BCUT2D eigenvalue weighted by Crippen LogP contribution is 2.11. The van der Waals surface area contributed by atoms with Crippen LogP contribution in [0.25, 0.3) is 0 Å². The Kier molecular flexibility index (Phi) is 19.8. The fourth-order valence-electron chi connectivity index (χ4n) is 3.26. The molecule has 0 radical (unpaired) electrons. The van der Waals surface area contributed by atoms with E-state index in [1.165, 1.54) is 96.4 Å². The molecule has 3 nitrogen and oxygen atoms in total. The first-order chi connectivity index (χ1) is 12.6. The number of allylic oxidation sites excluding steroid dienone is 2. The lowest BCUT2D eigenvalue weighted by molar-refractivity contribution is -0.118. The van der Waals surface area contributed by atoms with Crippen molar-refractivity contribution in [2.24, 2.45) is 5.73 Å². The Balaban J connectivity index is 3.09. The van der Waals surface area contributed by atoms with Crippen molar-refractivity contribution in [1.82, 2.24) is 4.90 Å². The van der Waals surface area contributed by atoms with Gasteiger partial charge in [0.05, 0.1) is 0 Å². The second-order valence-corrected chi connectivity index (χ2v) is 8.02. The van der Waals surface area contributed by atoms with E-state index in [1.807, 2.05) is 0 Å². The van der Waals surface area contributed by atoms with Gasteiger partial charge in [0, 0.05) is 6.42 Å². The molecule has 26 heavy (non-hydrogen) atoms. The SMILES string of the molecule is CN(C)CCCCCCCCCCC/C=C\CCCCCCCC(N)=O. The van der Waals surface area contributed by atoms with E-state index < -0.39 is 0 Å². The van der Waals surface area contributed by atoms with Crippen LogP contribution in [0.3, 0.4) is 0 Å². The topological polar surface area (TPSA) is 46.3 Å². The lowest BCUT2D eigenvalue weighted by atomic mass is 10.1. The summed E-state index contributed by atoms with van der Waals surface area (Å²) in [4.78, 5) is 12.9. The van der Waals surface area contributed by atoms with Crippen molar-refractivity contribution >= 4 is 5.91 Å². The second kappa shape index (κ2) is 20.5. The summed E-state index contributed by atoms with van der Waals surface area (Å²) in [6.07, 6.45) is 26.3. The zero-order valence-corrected chi connectivity index (χ0v) is 17.8. The third kappa shape index (κ3) is 23.2. The average molecular weight is 367 g/mol. The molecular formula is C23H46N2O. The Morgan fingerprint density at radius 3 is 1.46 bits per heavy atom. The number of hydrogen-bond donors (Lipinski definition) is 1. The van der Waals surface area contributed by atoms with Crippen LogP contribution in [-0.2, 0) is 4.79 Å². The van der Waals surface area contributed by atoms with Crippen LogP contribution in [0, 0.1) is 0 Å². The van der Waals surface area contributed by atoms with E-state index in [0.717, 1.165) is 12.8 Å². The molecule has 0 aromatic carbocycles. The number of nitrogens with zero attached hydrogens (tertiary/aromatic N) is 1. The third-order valence-corrected chi connectivity index (χ3v) is 4.94. The predicted octanol–water partition coefficient (Wildman–Crippen LogP) is 6.22. The molecule has 0 fully saturated rings. The maximum Gasteiger partial charge on any atom is 0.217 e. The zero-order chi connectivity index (χ0) is 19.3. The first-order valence-corrected chi connectivity index (χ1v) is 11.2. The number of amides is 1. The molecule has 0 aromatic heterocycles. The largest absolute Gasteiger partial charge is 0.370 e. The Labute approximate surface area is 163 Å². The first kappa shape index (κ1) is 25.2. The minimum atomic E-state index is -0.163. The monoisotopic (exact) mass is 366 g/mol. The smallest absolute Gasteiger partial charge is 0.217 e. The number of primary amides is 1. The van der Waals surface area contributed by atoms with Gasteiger partial charge in [-0.3, -0.25) is 4.79 Å². The first-order valence-electron chi connectivity index (χ1n) is 11.2. The van der Waals surface area contributed by atoms with Crippen LogP contribution in [0.5, 0.6) is 0 Å². The lowest BCUT2D eigenvalue weighted by Gasteiger charge is -2.08. The Morgan fingerprint density at radius 1 is 0.654 bits per heavy atom. The van der Waals surface area contributed by atoms with Crippen LogP contribution in [0.15, 0.2) is 12.2 Å². The van der Waals surface area contributed by atoms with Crippen molar-refractivity contribution in [3.63, 3.8) is 0 Å². The lowest BCUT2D eigenvalue weighted by Crippen LogP contribution is -2.12. The summed E-state index contributed by atoms with van der Waals surface area (Å²) in [6.45, 7) is 1.24. The molecular weight excluding hydrogens is 320 g/mol. The fourth-order valence-corrected chi connectivity index (χ4v) is 3.26. The van der Waals surface area contributed by atoms with Gasteiger partial charge >= 0.3 is 0 Å². The number of nitrogens with two attached hydrogens (primary N) is 1. The molecule has 0 rings (SSSR count). The van der Waals surface area contributed by atoms with Crippen LogP contribution in [0.1, 0.15) is 109 Å². The second-order valence-electron chi connectivity index (χ2n) is 8.02. The van der Waals surface area contributed by atoms with Crippen LogP contribution < -0.4 is 5.73 Å². The third-order valence-electron chi connectivity index (χ3n) is 4.94. The van der Waals surface area contributed by atoms with Gasteiger partial charge in [-0.25, -0.2) is 0 Å². The summed E-state index contributed by atoms with van der Waals surface area (Å²) < 4.78 is 0. The molecule has 0 aliphatic carbocycles. The molecule has 0 heterocycles. The molecule has 0 unspecified atom stereocenters. The van der Waals surface area contributed by atoms with Crippen molar-refractivity contribution in [2.75, 3.05) is 20.6 Å². The summed E-state index contributed by atoms with van der Waals surface area (Å²) in [5, 5.41) is 0. The number of hydrogen-bond acceptors (Lipinski definition) is 2. The molecule has 0 spiro atoms.